The van der Waals surface area contributed by atoms with E-state index in [0.29, 0.717) is 31.8 Å². The fraction of sp³-hybridized carbons (Fsp3) is 0.833. The standard InChI is InChI=1S/C12H22N2O2S/c1-4-6-12(5-2)13-17(15,16)14-9-7-11(3)8-10-14/h1,11-13H,5-10H2,2-3H3. The predicted molar refractivity (Wildman–Crippen MR) is 69.6 cm³/mol. The lowest BCUT2D eigenvalue weighted by Crippen LogP contribution is -2.47. The smallest absolute Gasteiger partial charge is 0.198 e. The minimum Gasteiger partial charge on any atom is -0.198 e. The van der Waals surface area contributed by atoms with E-state index in [4.69, 9.17) is 6.42 Å². The normalized spacial score (nSPS) is 21.0. The lowest BCUT2D eigenvalue weighted by atomic mass is 10.0. The highest BCUT2D eigenvalue weighted by Crippen LogP contribution is 2.18. The first kappa shape index (κ1) is 14.5. The van der Waals surface area contributed by atoms with Crippen LogP contribution < -0.4 is 4.72 Å². The van der Waals surface area contributed by atoms with Gasteiger partial charge in [-0.1, -0.05) is 13.8 Å². The van der Waals surface area contributed by atoms with E-state index < -0.39 is 10.2 Å². The van der Waals surface area contributed by atoms with Gasteiger partial charge in [0.2, 0.25) is 0 Å². The first-order chi connectivity index (χ1) is 7.99. The van der Waals surface area contributed by atoms with E-state index in [9.17, 15) is 8.42 Å². The second-order valence-electron chi connectivity index (χ2n) is 4.72. The van der Waals surface area contributed by atoms with Crippen molar-refractivity contribution in [2.45, 2.75) is 45.6 Å². The fourth-order valence-corrected chi connectivity index (χ4v) is 3.43. The molecule has 1 aliphatic heterocycles. The molecule has 17 heavy (non-hydrogen) atoms. The van der Waals surface area contributed by atoms with Gasteiger partial charge in [-0.25, -0.2) is 0 Å². The van der Waals surface area contributed by atoms with Crippen LogP contribution in [0.1, 0.15) is 39.5 Å². The minimum absolute atomic E-state index is 0.149. The highest BCUT2D eigenvalue weighted by atomic mass is 32.2. The molecule has 1 fully saturated rings. The SMILES string of the molecule is C#CCC(CC)NS(=O)(=O)N1CCC(C)CC1. The summed E-state index contributed by atoms with van der Waals surface area (Å²) in [5.41, 5.74) is 0. The summed E-state index contributed by atoms with van der Waals surface area (Å²) in [5.74, 6) is 3.13. The van der Waals surface area contributed by atoms with Crippen LogP contribution in [0.25, 0.3) is 0 Å². The molecule has 0 aromatic heterocycles. The van der Waals surface area contributed by atoms with Gasteiger partial charge >= 0.3 is 0 Å². The van der Waals surface area contributed by atoms with Crippen LogP contribution in [0.5, 0.6) is 0 Å². The number of hydrogen-bond donors (Lipinski definition) is 1. The van der Waals surface area contributed by atoms with Gasteiger partial charge in [0.1, 0.15) is 0 Å². The number of rotatable bonds is 5. The van der Waals surface area contributed by atoms with Gasteiger partial charge in [-0.05, 0) is 25.2 Å². The summed E-state index contributed by atoms with van der Waals surface area (Å²) >= 11 is 0. The fourth-order valence-electron chi connectivity index (χ4n) is 1.92. The van der Waals surface area contributed by atoms with Crippen LogP contribution in [0.15, 0.2) is 0 Å². The zero-order valence-electron chi connectivity index (χ0n) is 10.6. The molecule has 1 atom stereocenters. The van der Waals surface area contributed by atoms with Crippen molar-refractivity contribution in [2.75, 3.05) is 13.1 Å². The molecule has 1 N–H and O–H groups in total. The van der Waals surface area contributed by atoms with E-state index in [-0.39, 0.29) is 6.04 Å². The van der Waals surface area contributed by atoms with Crippen LogP contribution in [0.3, 0.4) is 0 Å². The molecule has 1 unspecified atom stereocenters. The van der Waals surface area contributed by atoms with Crippen molar-refractivity contribution in [3.63, 3.8) is 0 Å². The number of piperidine rings is 1. The summed E-state index contributed by atoms with van der Waals surface area (Å²) in [6.45, 7) is 5.32. The molecular weight excluding hydrogens is 236 g/mol. The van der Waals surface area contributed by atoms with Crippen molar-refractivity contribution in [1.29, 1.82) is 0 Å². The van der Waals surface area contributed by atoms with E-state index in [1.165, 1.54) is 4.31 Å². The Labute approximate surface area is 105 Å². The third-order valence-corrected chi connectivity index (χ3v) is 4.93. The zero-order valence-corrected chi connectivity index (χ0v) is 11.5. The molecule has 0 aliphatic carbocycles. The molecule has 0 bridgehead atoms. The van der Waals surface area contributed by atoms with Gasteiger partial charge in [-0.15, -0.1) is 12.3 Å². The number of nitrogens with zero attached hydrogens (tertiary/aromatic N) is 1. The second kappa shape index (κ2) is 6.39. The molecule has 0 aromatic carbocycles. The maximum atomic E-state index is 12.1. The highest BCUT2D eigenvalue weighted by Gasteiger charge is 2.27. The largest absolute Gasteiger partial charge is 0.279 e. The van der Waals surface area contributed by atoms with E-state index in [0.717, 1.165) is 12.8 Å². The Balaban J connectivity index is 2.59. The van der Waals surface area contributed by atoms with Crippen LogP contribution in [0.2, 0.25) is 0 Å². The van der Waals surface area contributed by atoms with E-state index in [2.05, 4.69) is 17.6 Å². The highest BCUT2D eigenvalue weighted by molar-refractivity contribution is 7.87. The molecule has 1 rings (SSSR count). The van der Waals surface area contributed by atoms with Crippen LogP contribution in [0.4, 0.5) is 0 Å². The molecule has 1 saturated heterocycles. The maximum Gasteiger partial charge on any atom is 0.279 e. The summed E-state index contributed by atoms with van der Waals surface area (Å²) in [6.07, 6.45) is 8.26. The van der Waals surface area contributed by atoms with Crippen LogP contribution in [-0.4, -0.2) is 31.9 Å². The first-order valence-corrected chi connectivity index (χ1v) is 7.64. The number of hydrogen-bond acceptors (Lipinski definition) is 2. The molecule has 98 valence electrons. The number of terminal acetylenes is 1. The van der Waals surface area contributed by atoms with Crippen molar-refractivity contribution in [3.8, 4) is 12.3 Å². The molecule has 1 aliphatic rings. The van der Waals surface area contributed by atoms with E-state index in [1.807, 2.05) is 6.92 Å². The molecule has 0 radical (unpaired) electrons. The average Bonchev–Trinajstić information content (AvgIpc) is 2.28. The Morgan fingerprint density at radius 3 is 2.53 bits per heavy atom. The average molecular weight is 258 g/mol. The summed E-state index contributed by atoms with van der Waals surface area (Å²) < 4.78 is 28.4. The van der Waals surface area contributed by atoms with Crippen molar-refractivity contribution in [3.05, 3.63) is 0 Å². The lowest BCUT2D eigenvalue weighted by molar-refractivity contribution is 0.283. The van der Waals surface area contributed by atoms with Gasteiger partial charge < -0.3 is 0 Å². The molecule has 0 spiro atoms. The summed E-state index contributed by atoms with van der Waals surface area (Å²) in [5, 5.41) is 0. The maximum absolute atomic E-state index is 12.1. The summed E-state index contributed by atoms with van der Waals surface area (Å²) in [6, 6.07) is -0.149. The molecule has 5 heteroatoms. The summed E-state index contributed by atoms with van der Waals surface area (Å²) in [7, 11) is -3.35. The predicted octanol–water partition coefficient (Wildman–Crippen LogP) is 1.35. The topological polar surface area (TPSA) is 49.4 Å². The minimum atomic E-state index is -3.35. The second-order valence-corrected chi connectivity index (χ2v) is 6.42. The van der Waals surface area contributed by atoms with E-state index >= 15 is 0 Å². The van der Waals surface area contributed by atoms with Gasteiger partial charge in [-0.3, -0.25) is 0 Å². The van der Waals surface area contributed by atoms with Gasteiger partial charge in [0.05, 0.1) is 0 Å². The van der Waals surface area contributed by atoms with E-state index in [1.54, 1.807) is 0 Å². The first-order valence-electron chi connectivity index (χ1n) is 6.20. The van der Waals surface area contributed by atoms with Gasteiger partial charge in [0, 0.05) is 25.6 Å². The third-order valence-electron chi connectivity index (χ3n) is 3.26. The van der Waals surface area contributed by atoms with Crippen LogP contribution in [0, 0.1) is 18.3 Å². The van der Waals surface area contributed by atoms with Gasteiger partial charge in [0.15, 0.2) is 0 Å². The van der Waals surface area contributed by atoms with Gasteiger partial charge in [-0.2, -0.15) is 17.4 Å². The molecule has 0 amide bonds. The van der Waals surface area contributed by atoms with Crippen molar-refractivity contribution < 1.29 is 8.42 Å². The lowest BCUT2D eigenvalue weighted by Gasteiger charge is -2.30. The van der Waals surface area contributed by atoms with Crippen molar-refractivity contribution >= 4 is 10.2 Å². The zero-order chi connectivity index (χ0) is 12.9. The van der Waals surface area contributed by atoms with Crippen molar-refractivity contribution in [1.82, 2.24) is 9.03 Å². The monoisotopic (exact) mass is 258 g/mol. The Morgan fingerprint density at radius 1 is 1.47 bits per heavy atom. The number of nitrogens with one attached hydrogen (secondary N) is 1. The quantitative estimate of drug-likeness (QED) is 0.757. The Hall–Kier alpha value is -0.570. The molecule has 4 nitrogen and oxygen atoms in total. The molecule has 0 aromatic rings. The summed E-state index contributed by atoms with van der Waals surface area (Å²) in [4.78, 5) is 0. The van der Waals surface area contributed by atoms with Gasteiger partial charge in [0.25, 0.3) is 10.2 Å². The molecule has 1 heterocycles. The molecule has 0 saturated carbocycles. The third kappa shape index (κ3) is 4.30. The Morgan fingerprint density at radius 2 is 2.06 bits per heavy atom. The Bertz CT molecular complexity index is 364. The van der Waals surface area contributed by atoms with Crippen molar-refractivity contribution in [2.24, 2.45) is 5.92 Å². The Kier molecular flexibility index (Phi) is 5.44. The van der Waals surface area contributed by atoms with Crippen LogP contribution >= 0.6 is 0 Å². The molecular formula is C12H22N2O2S. The van der Waals surface area contributed by atoms with Crippen LogP contribution in [-0.2, 0) is 10.2 Å².